The lowest BCUT2D eigenvalue weighted by Gasteiger charge is -2.11. The molecule has 28 heavy (non-hydrogen) atoms. The number of carbonyl (C=O) groups excluding carboxylic acids is 2. The molecule has 0 aliphatic heterocycles. The van der Waals surface area contributed by atoms with Gasteiger partial charge < -0.3 is 15.1 Å². The molecule has 0 saturated carbocycles. The van der Waals surface area contributed by atoms with Crippen LogP contribution in [0.5, 0.6) is 0 Å². The summed E-state index contributed by atoms with van der Waals surface area (Å²) >= 11 is 1.45. The number of nitrogens with one attached hydrogen (secondary N) is 2. The third-order valence-corrected chi connectivity index (χ3v) is 5.00. The number of thioether (sulfide) groups is 1. The van der Waals surface area contributed by atoms with E-state index in [-0.39, 0.29) is 17.7 Å². The van der Waals surface area contributed by atoms with Crippen molar-refractivity contribution in [2.75, 3.05) is 13.1 Å². The second-order valence-corrected chi connectivity index (χ2v) is 7.52. The van der Waals surface area contributed by atoms with Crippen molar-refractivity contribution in [2.45, 2.75) is 24.8 Å². The zero-order chi connectivity index (χ0) is 19.9. The van der Waals surface area contributed by atoms with Crippen LogP contribution in [0, 0.1) is 5.92 Å². The molecular weight excluding hydrogens is 374 g/mol. The van der Waals surface area contributed by atoms with Crippen molar-refractivity contribution in [1.29, 1.82) is 0 Å². The smallest absolute Gasteiger partial charge is 0.257 e. The minimum Gasteiger partial charge on any atom is -0.431 e. The van der Waals surface area contributed by atoms with Crippen LogP contribution in [0.15, 0.2) is 58.2 Å². The first kappa shape index (κ1) is 19.9. The Balaban J connectivity index is 1.57. The molecule has 0 saturated heterocycles. The number of carbonyl (C=O) groups is 2. The number of hydrogen-bond donors (Lipinski definition) is 2. The van der Waals surface area contributed by atoms with Crippen molar-refractivity contribution >= 4 is 34.7 Å². The summed E-state index contributed by atoms with van der Waals surface area (Å²) in [6, 6.07) is 15.1. The van der Waals surface area contributed by atoms with Crippen molar-refractivity contribution in [2.24, 2.45) is 5.92 Å². The van der Waals surface area contributed by atoms with E-state index in [0.29, 0.717) is 29.6 Å². The van der Waals surface area contributed by atoms with Gasteiger partial charge in [-0.05, 0) is 23.8 Å². The van der Waals surface area contributed by atoms with Gasteiger partial charge in [0.2, 0.25) is 5.91 Å². The third-order valence-electron chi connectivity index (χ3n) is 4.12. The second kappa shape index (κ2) is 9.41. The van der Waals surface area contributed by atoms with E-state index in [9.17, 15) is 9.59 Å². The molecule has 0 fully saturated rings. The molecule has 0 atom stereocenters. The lowest BCUT2D eigenvalue weighted by atomic mass is 10.1. The van der Waals surface area contributed by atoms with Crippen LogP contribution in [0.25, 0.3) is 11.1 Å². The fourth-order valence-corrected chi connectivity index (χ4v) is 3.42. The fraction of sp³-hybridized carbons (Fsp3) is 0.286. The Morgan fingerprint density at radius 3 is 2.54 bits per heavy atom. The topological polar surface area (TPSA) is 84.2 Å². The standard InChI is InChI=1S/C21H23N3O3S/c1-14(2)19(25)22-11-12-23-20(26)16-8-4-3-7-15(16)13-28-21-24-17-9-5-6-10-18(17)27-21/h3-10,14H,11-13H2,1-2H3,(H,22,25)(H,23,26). The number of nitrogens with zero attached hydrogens (tertiary/aromatic N) is 1. The van der Waals surface area contributed by atoms with Crippen LogP contribution < -0.4 is 10.6 Å². The maximum atomic E-state index is 12.5. The Morgan fingerprint density at radius 2 is 1.75 bits per heavy atom. The summed E-state index contributed by atoms with van der Waals surface area (Å²) in [5.74, 6) is 0.317. The minimum atomic E-state index is -0.160. The predicted octanol–water partition coefficient (Wildman–Crippen LogP) is 3.62. The molecule has 0 bridgehead atoms. The average molecular weight is 398 g/mol. The number of oxazole rings is 1. The summed E-state index contributed by atoms with van der Waals surface area (Å²) in [4.78, 5) is 28.5. The highest BCUT2D eigenvalue weighted by Gasteiger charge is 2.13. The molecule has 1 aromatic heterocycles. The first-order valence-electron chi connectivity index (χ1n) is 9.17. The van der Waals surface area contributed by atoms with Crippen molar-refractivity contribution in [3.8, 4) is 0 Å². The molecule has 6 nitrogen and oxygen atoms in total. The first-order chi connectivity index (χ1) is 13.5. The molecule has 2 N–H and O–H groups in total. The highest BCUT2D eigenvalue weighted by atomic mass is 32.2. The Hall–Kier alpha value is -2.80. The van der Waals surface area contributed by atoms with Gasteiger partial charge in [-0.3, -0.25) is 9.59 Å². The number of benzene rings is 2. The summed E-state index contributed by atoms with van der Waals surface area (Å²) in [5.41, 5.74) is 3.08. The summed E-state index contributed by atoms with van der Waals surface area (Å²) < 4.78 is 5.72. The van der Waals surface area contributed by atoms with Crippen molar-refractivity contribution in [3.63, 3.8) is 0 Å². The van der Waals surface area contributed by atoms with E-state index in [4.69, 9.17) is 4.42 Å². The fourth-order valence-electron chi connectivity index (χ4n) is 2.58. The van der Waals surface area contributed by atoms with E-state index in [1.807, 2.05) is 56.3 Å². The van der Waals surface area contributed by atoms with Crippen LogP contribution in [-0.2, 0) is 10.5 Å². The molecule has 2 amide bonds. The summed E-state index contributed by atoms with van der Waals surface area (Å²) in [5, 5.41) is 6.21. The van der Waals surface area contributed by atoms with Gasteiger partial charge in [-0.1, -0.05) is 55.9 Å². The third kappa shape index (κ3) is 5.13. The van der Waals surface area contributed by atoms with Gasteiger partial charge in [-0.25, -0.2) is 4.98 Å². The van der Waals surface area contributed by atoms with Crippen molar-refractivity contribution in [1.82, 2.24) is 15.6 Å². The average Bonchev–Trinajstić information content (AvgIpc) is 3.12. The summed E-state index contributed by atoms with van der Waals surface area (Å²) in [7, 11) is 0. The van der Waals surface area contributed by atoms with E-state index in [0.717, 1.165) is 16.7 Å². The van der Waals surface area contributed by atoms with Gasteiger partial charge >= 0.3 is 0 Å². The summed E-state index contributed by atoms with van der Waals surface area (Å²) in [6.45, 7) is 4.45. The van der Waals surface area contributed by atoms with Gasteiger partial charge in [0.25, 0.3) is 11.1 Å². The van der Waals surface area contributed by atoms with Gasteiger partial charge in [0, 0.05) is 30.3 Å². The van der Waals surface area contributed by atoms with Gasteiger partial charge in [0.05, 0.1) is 0 Å². The molecule has 0 spiro atoms. The zero-order valence-corrected chi connectivity index (χ0v) is 16.7. The molecule has 2 aromatic carbocycles. The Morgan fingerprint density at radius 1 is 1.04 bits per heavy atom. The molecule has 1 heterocycles. The number of para-hydroxylation sites is 2. The molecular formula is C21H23N3O3S. The van der Waals surface area contributed by atoms with E-state index in [2.05, 4.69) is 15.6 Å². The number of aromatic nitrogens is 1. The predicted molar refractivity (Wildman–Crippen MR) is 110 cm³/mol. The van der Waals surface area contributed by atoms with Crippen LogP contribution in [-0.4, -0.2) is 29.9 Å². The number of rotatable bonds is 8. The van der Waals surface area contributed by atoms with Crippen LogP contribution in [0.3, 0.4) is 0 Å². The molecule has 0 aliphatic rings. The van der Waals surface area contributed by atoms with Gasteiger partial charge in [-0.15, -0.1) is 0 Å². The molecule has 146 valence electrons. The molecule has 0 radical (unpaired) electrons. The monoisotopic (exact) mass is 397 g/mol. The van der Waals surface area contributed by atoms with Crippen molar-refractivity contribution < 1.29 is 14.0 Å². The van der Waals surface area contributed by atoms with E-state index >= 15 is 0 Å². The molecule has 7 heteroatoms. The SMILES string of the molecule is CC(C)C(=O)NCCNC(=O)c1ccccc1CSc1nc2ccccc2o1. The molecule has 3 aromatic rings. The highest BCUT2D eigenvalue weighted by Crippen LogP contribution is 2.27. The molecule has 0 unspecified atom stereocenters. The second-order valence-electron chi connectivity index (χ2n) is 6.59. The van der Waals surface area contributed by atoms with Crippen LogP contribution in [0.2, 0.25) is 0 Å². The minimum absolute atomic E-state index is 0.0237. The van der Waals surface area contributed by atoms with E-state index in [1.165, 1.54) is 11.8 Å². The van der Waals surface area contributed by atoms with Gasteiger partial charge in [0.1, 0.15) is 5.52 Å². The van der Waals surface area contributed by atoms with E-state index < -0.39 is 0 Å². The maximum absolute atomic E-state index is 12.5. The van der Waals surface area contributed by atoms with Crippen molar-refractivity contribution in [3.05, 3.63) is 59.7 Å². The zero-order valence-electron chi connectivity index (χ0n) is 15.9. The Bertz CT molecular complexity index is 935. The number of amides is 2. The largest absolute Gasteiger partial charge is 0.431 e. The lowest BCUT2D eigenvalue weighted by Crippen LogP contribution is -2.36. The first-order valence-corrected chi connectivity index (χ1v) is 10.2. The van der Waals surface area contributed by atoms with Gasteiger partial charge in [0.15, 0.2) is 5.58 Å². The number of hydrogen-bond acceptors (Lipinski definition) is 5. The van der Waals surface area contributed by atoms with Crippen LogP contribution in [0.1, 0.15) is 29.8 Å². The summed E-state index contributed by atoms with van der Waals surface area (Å²) in [6.07, 6.45) is 0. The Labute approximate surface area is 168 Å². The molecule has 3 rings (SSSR count). The van der Waals surface area contributed by atoms with Gasteiger partial charge in [-0.2, -0.15) is 0 Å². The molecule has 0 aliphatic carbocycles. The lowest BCUT2D eigenvalue weighted by molar-refractivity contribution is -0.123. The van der Waals surface area contributed by atoms with E-state index in [1.54, 1.807) is 6.07 Å². The quantitative estimate of drug-likeness (QED) is 0.448. The highest BCUT2D eigenvalue weighted by molar-refractivity contribution is 7.98. The van der Waals surface area contributed by atoms with Crippen LogP contribution >= 0.6 is 11.8 Å². The normalized spacial score (nSPS) is 11.0. The number of fused-ring (bicyclic) bond motifs is 1. The maximum Gasteiger partial charge on any atom is 0.257 e. The van der Waals surface area contributed by atoms with Crippen LogP contribution in [0.4, 0.5) is 0 Å². The Kier molecular flexibility index (Phi) is 6.71.